The maximum atomic E-state index is 3.56. The van der Waals surface area contributed by atoms with E-state index in [0.29, 0.717) is 5.92 Å². The summed E-state index contributed by atoms with van der Waals surface area (Å²) in [6, 6.07) is 6.61. The summed E-state index contributed by atoms with van der Waals surface area (Å²) in [7, 11) is 2.16. The number of rotatable bonds is 1. The highest BCUT2D eigenvalue weighted by atomic mass is 79.9. The zero-order valence-electron chi connectivity index (χ0n) is 10.3. The number of aromatic nitrogens is 1. The molecule has 1 N–H and O–H groups in total. The first-order valence-corrected chi connectivity index (χ1v) is 6.93. The molecule has 1 atom stereocenters. The van der Waals surface area contributed by atoms with Crippen molar-refractivity contribution in [2.24, 2.45) is 7.05 Å². The molecule has 0 amide bonds. The van der Waals surface area contributed by atoms with E-state index in [0.717, 1.165) is 17.6 Å². The Kier molecular flexibility index (Phi) is 2.75. The lowest BCUT2D eigenvalue weighted by atomic mass is 9.95. The summed E-state index contributed by atoms with van der Waals surface area (Å²) < 4.78 is 3.47. The molecule has 0 bridgehead atoms. The molecule has 1 aromatic carbocycles. The molecule has 0 spiro atoms. The number of benzene rings is 1. The number of fused-ring (bicyclic) bond motifs is 1. The second-order valence-corrected chi connectivity index (χ2v) is 5.82. The molecule has 0 aliphatic carbocycles. The molecule has 3 heteroatoms. The van der Waals surface area contributed by atoms with E-state index in [1.54, 1.807) is 5.56 Å². The van der Waals surface area contributed by atoms with Crippen LogP contribution in [0, 0.1) is 6.92 Å². The van der Waals surface area contributed by atoms with Crippen LogP contribution in [0.2, 0.25) is 0 Å². The summed E-state index contributed by atoms with van der Waals surface area (Å²) in [5.74, 6) is 0.680. The Morgan fingerprint density at radius 2 is 2.24 bits per heavy atom. The Bertz CT molecular complexity index is 565. The fourth-order valence-electron chi connectivity index (χ4n) is 2.98. The van der Waals surface area contributed by atoms with Gasteiger partial charge in [-0.2, -0.15) is 0 Å². The van der Waals surface area contributed by atoms with Crippen molar-refractivity contribution < 1.29 is 0 Å². The van der Waals surface area contributed by atoms with Gasteiger partial charge in [0, 0.05) is 34.7 Å². The standard InChI is InChI=1S/C14H17BrN2/c1-9-14(10-5-6-16-8-10)12-4-3-11(15)7-13(12)17(9)2/h3-4,7,10,16H,5-6,8H2,1-2H3. The van der Waals surface area contributed by atoms with E-state index in [1.807, 2.05) is 0 Å². The summed E-state index contributed by atoms with van der Waals surface area (Å²) in [6.07, 6.45) is 1.26. The van der Waals surface area contributed by atoms with Gasteiger partial charge in [0.2, 0.25) is 0 Å². The van der Waals surface area contributed by atoms with Crippen LogP contribution >= 0.6 is 15.9 Å². The van der Waals surface area contributed by atoms with Crippen molar-refractivity contribution in [3.8, 4) is 0 Å². The van der Waals surface area contributed by atoms with Gasteiger partial charge < -0.3 is 9.88 Å². The van der Waals surface area contributed by atoms with Crippen molar-refractivity contribution in [3.05, 3.63) is 33.9 Å². The molecule has 1 aliphatic heterocycles. The van der Waals surface area contributed by atoms with E-state index in [-0.39, 0.29) is 0 Å². The molecule has 90 valence electrons. The average molecular weight is 293 g/mol. The van der Waals surface area contributed by atoms with Gasteiger partial charge in [-0.3, -0.25) is 0 Å². The summed E-state index contributed by atoms with van der Waals surface area (Å²) in [5, 5.41) is 4.88. The molecule has 3 rings (SSSR count). The van der Waals surface area contributed by atoms with Crippen molar-refractivity contribution in [1.82, 2.24) is 9.88 Å². The normalized spacial score (nSPS) is 20.3. The van der Waals surface area contributed by atoms with Crippen LogP contribution in [0.15, 0.2) is 22.7 Å². The van der Waals surface area contributed by atoms with Crippen LogP contribution in [0.3, 0.4) is 0 Å². The highest BCUT2D eigenvalue weighted by molar-refractivity contribution is 9.10. The van der Waals surface area contributed by atoms with Crippen molar-refractivity contribution in [1.29, 1.82) is 0 Å². The quantitative estimate of drug-likeness (QED) is 0.853. The van der Waals surface area contributed by atoms with Crippen molar-refractivity contribution >= 4 is 26.8 Å². The van der Waals surface area contributed by atoms with Crippen LogP contribution in [0.25, 0.3) is 10.9 Å². The number of hydrogen-bond donors (Lipinski definition) is 1. The minimum Gasteiger partial charge on any atom is -0.348 e. The van der Waals surface area contributed by atoms with E-state index < -0.39 is 0 Å². The number of aryl methyl sites for hydroxylation is 1. The van der Waals surface area contributed by atoms with Crippen molar-refractivity contribution in [2.75, 3.05) is 13.1 Å². The Labute approximate surface area is 110 Å². The van der Waals surface area contributed by atoms with Gasteiger partial charge >= 0.3 is 0 Å². The smallest absolute Gasteiger partial charge is 0.0494 e. The average Bonchev–Trinajstić information content (AvgIpc) is 2.90. The van der Waals surface area contributed by atoms with Crippen LogP contribution in [-0.2, 0) is 7.05 Å². The van der Waals surface area contributed by atoms with Gasteiger partial charge in [0.15, 0.2) is 0 Å². The molecule has 2 nitrogen and oxygen atoms in total. The van der Waals surface area contributed by atoms with E-state index in [4.69, 9.17) is 0 Å². The third-order valence-electron chi connectivity index (χ3n) is 3.97. The minimum atomic E-state index is 0.680. The van der Waals surface area contributed by atoms with E-state index >= 15 is 0 Å². The van der Waals surface area contributed by atoms with Crippen LogP contribution in [0.1, 0.15) is 23.6 Å². The lowest BCUT2D eigenvalue weighted by Crippen LogP contribution is -2.08. The maximum Gasteiger partial charge on any atom is 0.0494 e. The third-order valence-corrected chi connectivity index (χ3v) is 4.47. The molecule has 1 aromatic heterocycles. The topological polar surface area (TPSA) is 17.0 Å². The summed E-state index contributed by atoms with van der Waals surface area (Å²) in [6.45, 7) is 4.51. The van der Waals surface area contributed by atoms with Crippen molar-refractivity contribution in [3.63, 3.8) is 0 Å². The predicted octanol–water partition coefficient (Wildman–Crippen LogP) is 3.33. The Morgan fingerprint density at radius 1 is 1.41 bits per heavy atom. The molecule has 2 aromatic rings. The Balaban J connectivity index is 2.26. The number of nitrogens with one attached hydrogen (secondary N) is 1. The fraction of sp³-hybridized carbons (Fsp3) is 0.429. The molecule has 1 fully saturated rings. The molecule has 1 aliphatic rings. The third kappa shape index (κ3) is 1.72. The van der Waals surface area contributed by atoms with Gasteiger partial charge in [-0.25, -0.2) is 0 Å². The highest BCUT2D eigenvalue weighted by Crippen LogP contribution is 2.35. The van der Waals surface area contributed by atoms with Gasteiger partial charge in [0.05, 0.1) is 0 Å². The van der Waals surface area contributed by atoms with Crippen LogP contribution in [-0.4, -0.2) is 17.7 Å². The monoisotopic (exact) mass is 292 g/mol. The SMILES string of the molecule is Cc1c(C2CCNC2)c2ccc(Br)cc2n1C. The summed E-state index contributed by atoms with van der Waals surface area (Å²) in [5.41, 5.74) is 4.28. The van der Waals surface area contributed by atoms with Gasteiger partial charge in [0.25, 0.3) is 0 Å². The Hall–Kier alpha value is -0.800. The van der Waals surface area contributed by atoms with Gasteiger partial charge in [0.1, 0.15) is 0 Å². The van der Waals surface area contributed by atoms with Crippen molar-refractivity contribution in [2.45, 2.75) is 19.3 Å². The highest BCUT2D eigenvalue weighted by Gasteiger charge is 2.23. The van der Waals surface area contributed by atoms with Gasteiger partial charge in [-0.15, -0.1) is 0 Å². The van der Waals surface area contributed by atoms with E-state index in [9.17, 15) is 0 Å². The lowest BCUT2D eigenvalue weighted by molar-refractivity contribution is 0.751. The van der Waals surface area contributed by atoms with E-state index in [2.05, 4.69) is 58.0 Å². The molecule has 1 saturated heterocycles. The molecule has 0 saturated carbocycles. The zero-order valence-corrected chi connectivity index (χ0v) is 11.8. The second kappa shape index (κ2) is 4.14. The first-order valence-electron chi connectivity index (χ1n) is 6.13. The lowest BCUT2D eigenvalue weighted by Gasteiger charge is -2.09. The zero-order chi connectivity index (χ0) is 12.0. The number of hydrogen-bond acceptors (Lipinski definition) is 1. The van der Waals surface area contributed by atoms with Crippen LogP contribution < -0.4 is 5.32 Å². The molecule has 2 heterocycles. The Morgan fingerprint density at radius 3 is 2.94 bits per heavy atom. The molecule has 0 radical (unpaired) electrons. The minimum absolute atomic E-state index is 0.680. The van der Waals surface area contributed by atoms with E-state index in [1.165, 1.54) is 23.0 Å². The first-order chi connectivity index (χ1) is 8.18. The van der Waals surface area contributed by atoms with Gasteiger partial charge in [-0.1, -0.05) is 22.0 Å². The number of halogens is 1. The number of nitrogens with zero attached hydrogens (tertiary/aromatic N) is 1. The summed E-state index contributed by atoms with van der Waals surface area (Å²) in [4.78, 5) is 0. The largest absolute Gasteiger partial charge is 0.348 e. The predicted molar refractivity (Wildman–Crippen MR) is 75.6 cm³/mol. The molecular weight excluding hydrogens is 276 g/mol. The van der Waals surface area contributed by atoms with Gasteiger partial charge in [-0.05, 0) is 43.5 Å². The molecule has 1 unspecified atom stereocenters. The van der Waals surface area contributed by atoms with Crippen LogP contribution in [0.4, 0.5) is 0 Å². The molecular formula is C14H17BrN2. The summed E-state index contributed by atoms with van der Waals surface area (Å²) >= 11 is 3.56. The molecule has 17 heavy (non-hydrogen) atoms. The second-order valence-electron chi connectivity index (χ2n) is 4.91. The van der Waals surface area contributed by atoms with Crippen LogP contribution in [0.5, 0.6) is 0 Å². The fourth-order valence-corrected chi connectivity index (χ4v) is 3.33. The first kappa shape index (κ1) is 11.3. The maximum absolute atomic E-state index is 3.56.